The molecule has 4 aromatic rings. The van der Waals surface area contributed by atoms with Crippen molar-refractivity contribution in [3.63, 3.8) is 0 Å². The molecule has 4 heteroatoms. The molecular formula is C30H29F3O. The molecule has 0 fully saturated rings. The minimum Gasteiger partial charge on any atom is -0.493 e. The second-order valence-electron chi connectivity index (χ2n) is 8.65. The van der Waals surface area contributed by atoms with Crippen LogP contribution < -0.4 is 4.74 Å². The molecule has 34 heavy (non-hydrogen) atoms. The van der Waals surface area contributed by atoms with Gasteiger partial charge in [-0.25, -0.2) is 13.2 Å². The lowest BCUT2D eigenvalue weighted by molar-refractivity contribution is 0.303. The zero-order valence-electron chi connectivity index (χ0n) is 19.4. The zero-order valence-corrected chi connectivity index (χ0v) is 19.4. The summed E-state index contributed by atoms with van der Waals surface area (Å²) in [5.74, 6) is -0.381. The Kier molecular flexibility index (Phi) is 7.89. The van der Waals surface area contributed by atoms with Crippen molar-refractivity contribution in [2.24, 2.45) is 0 Å². The smallest absolute Gasteiger partial charge is 0.134 e. The lowest BCUT2D eigenvalue weighted by atomic mass is 9.97. The molecule has 0 aromatic heterocycles. The summed E-state index contributed by atoms with van der Waals surface area (Å²) in [4.78, 5) is 0. The Hall–Kier alpha value is -3.27. The molecule has 4 rings (SSSR count). The first-order valence-electron chi connectivity index (χ1n) is 11.9. The van der Waals surface area contributed by atoms with Gasteiger partial charge in [0.25, 0.3) is 0 Å². The Bertz CT molecular complexity index is 1250. The van der Waals surface area contributed by atoms with E-state index in [0.717, 1.165) is 30.2 Å². The number of benzene rings is 4. The van der Waals surface area contributed by atoms with Crippen LogP contribution in [0.5, 0.6) is 5.75 Å². The highest BCUT2D eigenvalue weighted by molar-refractivity contribution is 5.88. The van der Waals surface area contributed by atoms with Crippen molar-refractivity contribution >= 4 is 10.8 Å². The fraction of sp³-hybridized carbons (Fsp3) is 0.267. The monoisotopic (exact) mass is 462 g/mol. The van der Waals surface area contributed by atoms with Gasteiger partial charge in [-0.2, -0.15) is 0 Å². The van der Waals surface area contributed by atoms with Crippen molar-refractivity contribution in [3.05, 3.63) is 101 Å². The van der Waals surface area contributed by atoms with Crippen molar-refractivity contribution in [2.75, 3.05) is 6.61 Å². The second-order valence-corrected chi connectivity index (χ2v) is 8.65. The molecule has 0 saturated heterocycles. The van der Waals surface area contributed by atoms with E-state index in [4.69, 9.17) is 4.74 Å². The molecular weight excluding hydrogens is 433 g/mol. The number of ether oxygens (including phenoxy) is 1. The summed E-state index contributed by atoms with van der Waals surface area (Å²) in [7, 11) is 0. The maximum Gasteiger partial charge on any atom is 0.134 e. The molecule has 0 spiro atoms. The first-order chi connectivity index (χ1) is 16.5. The summed E-state index contributed by atoms with van der Waals surface area (Å²) < 4.78 is 48.7. The quantitative estimate of drug-likeness (QED) is 0.214. The Morgan fingerprint density at radius 1 is 0.735 bits per heavy atom. The first-order valence-corrected chi connectivity index (χ1v) is 11.9. The van der Waals surface area contributed by atoms with E-state index < -0.39 is 0 Å². The van der Waals surface area contributed by atoms with Crippen LogP contribution in [-0.4, -0.2) is 6.61 Å². The highest BCUT2D eigenvalue weighted by Gasteiger charge is 2.12. The summed E-state index contributed by atoms with van der Waals surface area (Å²) in [6.07, 6.45) is 5.55. The number of rotatable bonds is 10. The van der Waals surface area contributed by atoms with E-state index in [1.807, 2.05) is 12.1 Å². The second kappa shape index (κ2) is 11.2. The van der Waals surface area contributed by atoms with Crippen LogP contribution in [-0.2, 0) is 12.8 Å². The zero-order chi connectivity index (χ0) is 23.9. The van der Waals surface area contributed by atoms with Gasteiger partial charge in [0.2, 0.25) is 0 Å². The van der Waals surface area contributed by atoms with Crippen LogP contribution in [0.15, 0.2) is 72.8 Å². The topological polar surface area (TPSA) is 9.23 Å². The Morgan fingerprint density at radius 3 is 2.32 bits per heavy atom. The Labute approximate surface area is 199 Å². The third-order valence-corrected chi connectivity index (χ3v) is 6.15. The molecule has 0 aliphatic rings. The number of unbranched alkanes of at least 4 members (excludes halogenated alkanes) is 3. The number of hydrogen-bond donors (Lipinski definition) is 0. The molecule has 0 aliphatic heterocycles. The number of aryl methyl sites for hydroxylation is 2. The predicted octanol–water partition coefficient (Wildman–Crippen LogP) is 8.67. The van der Waals surface area contributed by atoms with Gasteiger partial charge >= 0.3 is 0 Å². The summed E-state index contributed by atoms with van der Waals surface area (Å²) in [5, 5.41) is 1.23. The van der Waals surface area contributed by atoms with E-state index in [9.17, 15) is 8.78 Å². The third-order valence-electron chi connectivity index (χ3n) is 6.15. The highest BCUT2D eigenvalue weighted by Crippen LogP contribution is 2.31. The van der Waals surface area contributed by atoms with E-state index in [-0.39, 0.29) is 17.5 Å². The summed E-state index contributed by atoms with van der Waals surface area (Å²) in [6, 6.07) is 20.1. The van der Waals surface area contributed by atoms with Crippen LogP contribution in [0.4, 0.5) is 13.2 Å². The molecule has 0 saturated carbocycles. The number of fused-ring (bicyclic) bond motifs is 1. The van der Waals surface area contributed by atoms with E-state index in [2.05, 4.69) is 6.92 Å². The summed E-state index contributed by atoms with van der Waals surface area (Å²) in [5.41, 5.74) is 2.72. The van der Waals surface area contributed by atoms with Crippen LogP contribution >= 0.6 is 0 Å². The fourth-order valence-electron chi connectivity index (χ4n) is 4.17. The van der Waals surface area contributed by atoms with Crippen molar-refractivity contribution in [1.29, 1.82) is 0 Å². The first kappa shape index (κ1) is 23.9. The minimum atomic E-state index is -0.359. The van der Waals surface area contributed by atoms with Crippen molar-refractivity contribution in [3.8, 4) is 16.9 Å². The predicted molar refractivity (Wildman–Crippen MR) is 133 cm³/mol. The van der Waals surface area contributed by atoms with E-state index >= 15 is 4.39 Å². The Balaban J connectivity index is 1.48. The van der Waals surface area contributed by atoms with Crippen molar-refractivity contribution in [1.82, 2.24) is 0 Å². The van der Waals surface area contributed by atoms with Gasteiger partial charge in [-0.05, 0) is 71.7 Å². The molecule has 0 radical (unpaired) electrons. The van der Waals surface area contributed by atoms with E-state index in [0.29, 0.717) is 47.3 Å². The van der Waals surface area contributed by atoms with Gasteiger partial charge in [0.15, 0.2) is 0 Å². The Morgan fingerprint density at radius 2 is 1.56 bits per heavy atom. The van der Waals surface area contributed by atoms with Crippen LogP contribution in [0.3, 0.4) is 0 Å². The van der Waals surface area contributed by atoms with Crippen LogP contribution in [0.1, 0.15) is 43.7 Å². The molecule has 0 unspecified atom stereocenters. The standard InChI is InChI=1S/C30H29F3O/c1-2-3-4-5-18-34-26-15-17-27(29(32)20-26)23-12-16-28-24(19-23)11-10-22(30(28)33)9-6-21-7-13-25(31)14-8-21/h7-8,10-17,19-20H,2-6,9,18H2,1H3. The van der Waals surface area contributed by atoms with Gasteiger partial charge in [0.1, 0.15) is 23.2 Å². The maximum atomic E-state index is 15.1. The largest absolute Gasteiger partial charge is 0.493 e. The van der Waals surface area contributed by atoms with Crippen LogP contribution in [0, 0.1) is 17.5 Å². The van der Waals surface area contributed by atoms with E-state index in [1.54, 1.807) is 42.5 Å². The molecule has 0 amide bonds. The third kappa shape index (κ3) is 5.80. The molecule has 176 valence electrons. The van der Waals surface area contributed by atoms with Gasteiger partial charge in [-0.1, -0.05) is 62.6 Å². The van der Waals surface area contributed by atoms with E-state index in [1.165, 1.54) is 24.6 Å². The van der Waals surface area contributed by atoms with Gasteiger partial charge in [0, 0.05) is 17.0 Å². The molecule has 4 aromatic carbocycles. The molecule has 0 N–H and O–H groups in total. The average molecular weight is 463 g/mol. The van der Waals surface area contributed by atoms with Crippen molar-refractivity contribution < 1.29 is 17.9 Å². The molecule has 0 heterocycles. The van der Waals surface area contributed by atoms with Crippen LogP contribution in [0.2, 0.25) is 0 Å². The van der Waals surface area contributed by atoms with Gasteiger partial charge in [-0.15, -0.1) is 0 Å². The SMILES string of the molecule is CCCCCCOc1ccc(-c2ccc3c(F)c(CCc4ccc(F)cc4)ccc3c2)c(F)c1. The highest BCUT2D eigenvalue weighted by atomic mass is 19.1. The maximum absolute atomic E-state index is 15.1. The summed E-state index contributed by atoms with van der Waals surface area (Å²) in [6.45, 7) is 2.74. The fourth-order valence-corrected chi connectivity index (χ4v) is 4.17. The molecule has 1 nitrogen and oxygen atoms in total. The number of hydrogen-bond acceptors (Lipinski definition) is 1. The lowest BCUT2D eigenvalue weighted by Gasteiger charge is -2.11. The molecule has 0 aliphatic carbocycles. The number of halogens is 3. The summed E-state index contributed by atoms with van der Waals surface area (Å²) >= 11 is 0. The van der Waals surface area contributed by atoms with Crippen molar-refractivity contribution in [2.45, 2.75) is 45.4 Å². The minimum absolute atomic E-state index is 0.265. The van der Waals surface area contributed by atoms with Crippen LogP contribution in [0.25, 0.3) is 21.9 Å². The van der Waals surface area contributed by atoms with Gasteiger partial charge in [-0.3, -0.25) is 0 Å². The van der Waals surface area contributed by atoms with Gasteiger partial charge in [0.05, 0.1) is 6.61 Å². The normalized spacial score (nSPS) is 11.2. The molecule has 0 bridgehead atoms. The van der Waals surface area contributed by atoms with Gasteiger partial charge < -0.3 is 4.74 Å². The molecule has 0 atom stereocenters. The average Bonchev–Trinajstić information content (AvgIpc) is 2.84. The lowest BCUT2D eigenvalue weighted by Crippen LogP contribution is -1.98.